The van der Waals surface area contributed by atoms with Crippen LogP contribution in [0.3, 0.4) is 0 Å². The summed E-state index contributed by atoms with van der Waals surface area (Å²) in [6.07, 6.45) is 4.89. The van der Waals surface area contributed by atoms with Crippen LogP contribution in [0.2, 0.25) is 0 Å². The van der Waals surface area contributed by atoms with Crippen molar-refractivity contribution in [1.29, 1.82) is 5.26 Å². The van der Waals surface area contributed by atoms with E-state index in [0.717, 1.165) is 18.5 Å². The first kappa shape index (κ1) is 14.0. The van der Waals surface area contributed by atoms with Crippen molar-refractivity contribution in [2.75, 3.05) is 23.3 Å². The first-order valence-electron chi connectivity index (χ1n) is 7.13. The monoisotopic (exact) mass is 293 g/mol. The van der Waals surface area contributed by atoms with Gasteiger partial charge < -0.3 is 10.2 Å². The van der Waals surface area contributed by atoms with E-state index in [1.165, 1.54) is 18.0 Å². The Labute approximate surface area is 128 Å². The van der Waals surface area contributed by atoms with Crippen LogP contribution in [0, 0.1) is 11.3 Å². The van der Waals surface area contributed by atoms with Gasteiger partial charge in [-0.25, -0.2) is 9.97 Å². The minimum atomic E-state index is -0.0401. The molecule has 6 nitrogen and oxygen atoms in total. The van der Waals surface area contributed by atoms with Gasteiger partial charge in [0, 0.05) is 24.6 Å². The van der Waals surface area contributed by atoms with Crippen LogP contribution < -0.4 is 10.2 Å². The molecule has 1 aromatic carbocycles. The van der Waals surface area contributed by atoms with Gasteiger partial charge >= 0.3 is 0 Å². The highest BCUT2D eigenvalue weighted by Gasteiger charge is 2.22. The second kappa shape index (κ2) is 6.22. The fraction of sp³-hybridized carbons (Fsp3) is 0.250. The van der Waals surface area contributed by atoms with Gasteiger partial charge in [-0.3, -0.25) is 4.79 Å². The molecule has 1 aliphatic rings. The number of hydrogen-bond donors (Lipinski definition) is 1. The Balaban J connectivity index is 1.72. The van der Waals surface area contributed by atoms with Crippen LogP contribution in [0.25, 0.3) is 0 Å². The summed E-state index contributed by atoms with van der Waals surface area (Å²) in [5, 5.41) is 11.9. The number of aromatic nitrogens is 2. The Bertz CT molecular complexity index is 737. The molecule has 1 amide bonds. The Morgan fingerprint density at radius 2 is 2.14 bits per heavy atom. The summed E-state index contributed by atoms with van der Waals surface area (Å²) in [5.74, 6) is 0.297. The maximum Gasteiger partial charge on any atom is 0.246 e. The fourth-order valence-electron chi connectivity index (χ4n) is 2.60. The number of nitrogens with zero attached hydrogens (tertiary/aromatic N) is 4. The van der Waals surface area contributed by atoms with Crippen LogP contribution in [0.5, 0.6) is 0 Å². The van der Waals surface area contributed by atoms with Gasteiger partial charge in [-0.05, 0) is 24.5 Å². The molecule has 0 unspecified atom stereocenters. The van der Waals surface area contributed by atoms with Crippen molar-refractivity contribution in [3.8, 4) is 6.07 Å². The number of benzene rings is 1. The molecule has 0 saturated heterocycles. The minimum Gasteiger partial charge on any atom is -0.359 e. The summed E-state index contributed by atoms with van der Waals surface area (Å²) in [4.78, 5) is 22.2. The molecule has 1 aliphatic heterocycles. The molecule has 0 fully saturated rings. The molecule has 0 spiro atoms. The molecular formula is C16H15N5O. The van der Waals surface area contributed by atoms with Gasteiger partial charge in [-0.15, -0.1) is 0 Å². The second-order valence-electron chi connectivity index (χ2n) is 5.00. The molecule has 1 N–H and O–H groups in total. The molecule has 3 rings (SSSR count). The van der Waals surface area contributed by atoms with E-state index in [4.69, 9.17) is 5.26 Å². The van der Waals surface area contributed by atoms with E-state index in [1.54, 1.807) is 4.90 Å². The third-order valence-electron chi connectivity index (χ3n) is 3.62. The number of anilines is 2. The number of amides is 1. The molecule has 6 heteroatoms. The van der Waals surface area contributed by atoms with E-state index in [0.29, 0.717) is 12.4 Å². The minimum absolute atomic E-state index is 0.0401. The standard InChI is InChI=1S/C16H15N5O/c17-10-13-16(19-8-7-18-13)20-11-15(22)21-9-3-5-12-4-1-2-6-14(12)21/h1-2,4,6-8H,3,5,9,11H2,(H,19,20). The molecule has 2 aromatic rings. The average Bonchev–Trinajstić information content (AvgIpc) is 2.59. The van der Waals surface area contributed by atoms with Gasteiger partial charge in [-0.2, -0.15) is 5.26 Å². The van der Waals surface area contributed by atoms with Crippen LogP contribution in [0.1, 0.15) is 17.7 Å². The molecule has 0 saturated carbocycles. The molecule has 0 atom stereocenters. The third kappa shape index (κ3) is 2.74. The SMILES string of the molecule is N#Cc1nccnc1NCC(=O)N1CCCc2ccccc21. The highest BCUT2D eigenvalue weighted by atomic mass is 16.2. The highest BCUT2D eigenvalue weighted by Crippen LogP contribution is 2.26. The molecule has 1 aromatic heterocycles. The maximum atomic E-state index is 12.5. The van der Waals surface area contributed by atoms with E-state index in [2.05, 4.69) is 21.4 Å². The predicted octanol–water partition coefficient (Wildman–Crippen LogP) is 1.74. The maximum absolute atomic E-state index is 12.5. The van der Waals surface area contributed by atoms with E-state index in [1.807, 2.05) is 24.3 Å². The van der Waals surface area contributed by atoms with Crippen LogP contribution in [-0.2, 0) is 11.2 Å². The van der Waals surface area contributed by atoms with Gasteiger partial charge in [0.2, 0.25) is 5.91 Å². The van der Waals surface area contributed by atoms with Gasteiger partial charge in [-0.1, -0.05) is 18.2 Å². The van der Waals surface area contributed by atoms with Crippen molar-refractivity contribution in [2.45, 2.75) is 12.8 Å². The number of fused-ring (bicyclic) bond motifs is 1. The van der Waals surface area contributed by atoms with Crippen LogP contribution in [0.15, 0.2) is 36.7 Å². The Morgan fingerprint density at radius 1 is 1.32 bits per heavy atom. The molecule has 0 radical (unpaired) electrons. The van der Waals surface area contributed by atoms with E-state index < -0.39 is 0 Å². The topological polar surface area (TPSA) is 81.9 Å². The van der Waals surface area contributed by atoms with Gasteiger partial charge in [0.05, 0.1) is 6.54 Å². The number of para-hydroxylation sites is 1. The third-order valence-corrected chi connectivity index (χ3v) is 3.62. The predicted molar refractivity (Wildman–Crippen MR) is 82.4 cm³/mol. The first-order valence-corrected chi connectivity index (χ1v) is 7.13. The lowest BCUT2D eigenvalue weighted by Gasteiger charge is -2.29. The lowest BCUT2D eigenvalue weighted by molar-refractivity contribution is -0.117. The Kier molecular flexibility index (Phi) is 3.97. The van der Waals surface area contributed by atoms with Crippen molar-refractivity contribution in [3.63, 3.8) is 0 Å². The number of rotatable bonds is 3. The summed E-state index contributed by atoms with van der Waals surface area (Å²) in [6.45, 7) is 0.796. The molecular weight excluding hydrogens is 278 g/mol. The van der Waals surface area contributed by atoms with E-state index in [9.17, 15) is 4.79 Å². The number of nitrogens with one attached hydrogen (secondary N) is 1. The summed E-state index contributed by atoms with van der Waals surface area (Å²) < 4.78 is 0. The van der Waals surface area contributed by atoms with E-state index >= 15 is 0 Å². The van der Waals surface area contributed by atoms with Crippen molar-refractivity contribution < 1.29 is 4.79 Å². The molecule has 0 bridgehead atoms. The average molecular weight is 293 g/mol. The lowest BCUT2D eigenvalue weighted by atomic mass is 10.0. The summed E-state index contributed by atoms with van der Waals surface area (Å²) >= 11 is 0. The van der Waals surface area contributed by atoms with Crippen LogP contribution in [0.4, 0.5) is 11.5 Å². The second-order valence-corrected chi connectivity index (χ2v) is 5.00. The Morgan fingerprint density at radius 3 is 3.00 bits per heavy atom. The van der Waals surface area contributed by atoms with E-state index in [-0.39, 0.29) is 18.1 Å². The van der Waals surface area contributed by atoms with Gasteiger partial charge in [0.1, 0.15) is 6.07 Å². The fourth-order valence-corrected chi connectivity index (χ4v) is 2.60. The summed E-state index contributed by atoms with van der Waals surface area (Å²) in [7, 11) is 0. The first-order chi connectivity index (χ1) is 10.8. The zero-order chi connectivity index (χ0) is 15.4. The largest absolute Gasteiger partial charge is 0.359 e. The number of nitriles is 1. The molecule has 0 aliphatic carbocycles. The molecule has 110 valence electrons. The van der Waals surface area contributed by atoms with Gasteiger partial charge in [0.25, 0.3) is 0 Å². The number of carbonyl (C=O) groups is 1. The zero-order valence-corrected chi connectivity index (χ0v) is 12.0. The smallest absolute Gasteiger partial charge is 0.246 e. The van der Waals surface area contributed by atoms with Crippen LogP contribution in [-0.4, -0.2) is 29.0 Å². The zero-order valence-electron chi connectivity index (χ0n) is 12.0. The molecule has 2 heterocycles. The van der Waals surface area contributed by atoms with Crippen molar-refractivity contribution >= 4 is 17.4 Å². The van der Waals surface area contributed by atoms with Crippen LogP contribution >= 0.6 is 0 Å². The van der Waals surface area contributed by atoms with Crippen molar-refractivity contribution in [3.05, 3.63) is 47.9 Å². The quantitative estimate of drug-likeness (QED) is 0.932. The lowest BCUT2D eigenvalue weighted by Crippen LogP contribution is -2.39. The Hall–Kier alpha value is -2.94. The van der Waals surface area contributed by atoms with Crippen molar-refractivity contribution in [1.82, 2.24) is 9.97 Å². The highest BCUT2D eigenvalue weighted by molar-refractivity contribution is 5.97. The number of aryl methyl sites for hydroxylation is 1. The normalized spacial score (nSPS) is 13.1. The van der Waals surface area contributed by atoms with Crippen molar-refractivity contribution in [2.24, 2.45) is 0 Å². The molecule has 22 heavy (non-hydrogen) atoms. The van der Waals surface area contributed by atoms with Gasteiger partial charge in [0.15, 0.2) is 11.5 Å². The number of hydrogen-bond acceptors (Lipinski definition) is 5. The summed E-state index contributed by atoms with van der Waals surface area (Å²) in [5.41, 5.74) is 2.36. The summed E-state index contributed by atoms with van der Waals surface area (Å²) in [6, 6.07) is 9.90. The number of carbonyl (C=O) groups excluding carboxylic acids is 1.